The highest BCUT2D eigenvalue weighted by molar-refractivity contribution is 5.35. The molecule has 0 saturated carbocycles. The lowest BCUT2D eigenvalue weighted by Crippen LogP contribution is -2.23. The van der Waals surface area contributed by atoms with E-state index in [-0.39, 0.29) is 6.10 Å². The van der Waals surface area contributed by atoms with Crippen molar-refractivity contribution in [1.82, 2.24) is 19.9 Å². The topological polar surface area (TPSA) is 75.2 Å². The molecule has 1 aliphatic heterocycles. The van der Waals surface area contributed by atoms with Gasteiger partial charge in [-0.25, -0.2) is 0 Å². The molecule has 2 N–H and O–H groups in total. The molecule has 1 saturated heterocycles. The number of likely N-dealkylation sites (tertiary alicyclic amines) is 1. The maximum Gasteiger partial charge on any atom is 0.323 e. The summed E-state index contributed by atoms with van der Waals surface area (Å²) in [5, 5.41) is 6.25. The van der Waals surface area contributed by atoms with Crippen LogP contribution >= 0.6 is 0 Å². The van der Waals surface area contributed by atoms with Gasteiger partial charge in [0.1, 0.15) is 0 Å². The third kappa shape index (κ3) is 4.70. The molecule has 1 unspecified atom stereocenters. The monoisotopic (exact) mass is 294 g/mol. The molecule has 2 rings (SSSR count). The molecule has 0 aliphatic carbocycles. The van der Waals surface area contributed by atoms with Gasteiger partial charge in [0.05, 0.1) is 6.10 Å². The zero-order chi connectivity index (χ0) is 15.2. The van der Waals surface area contributed by atoms with E-state index in [1.54, 1.807) is 7.05 Å². The number of ether oxygens (including phenoxy) is 1. The van der Waals surface area contributed by atoms with Crippen molar-refractivity contribution in [3.8, 4) is 6.01 Å². The van der Waals surface area contributed by atoms with Gasteiger partial charge < -0.3 is 20.3 Å². The van der Waals surface area contributed by atoms with Gasteiger partial charge in [-0.3, -0.25) is 0 Å². The first-order valence-electron chi connectivity index (χ1n) is 7.67. The van der Waals surface area contributed by atoms with Crippen molar-refractivity contribution in [2.24, 2.45) is 5.92 Å². The van der Waals surface area contributed by atoms with Crippen LogP contribution in [0.25, 0.3) is 0 Å². The normalized spacial score (nSPS) is 19.0. The first-order chi connectivity index (χ1) is 10.1. The molecule has 1 aromatic rings. The largest absolute Gasteiger partial charge is 0.461 e. The van der Waals surface area contributed by atoms with E-state index in [1.165, 1.54) is 13.0 Å². The average Bonchev–Trinajstić information content (AvgIpc) is 2.92. The summed E-state index contributed by atoms with van der Waals surface area (Å²) in [6.07, 6.45) is 1.26. The van der Waals surface area contributed by atoms with Crippen LogP contribution in [-0.2, 0) is 0 Å². The highest BCUT2D eigenvalue weighted by atomic mass is 16.5. The van der Waals surface area contributed by atoms with Crippen LogP contribution in [0.4, 0.5) is 11.9 Å². The van der Waals surface area contributed by atoms with Crippen molar-refractivity contribution in [3.05, 3.63) is 0 Å². The third-order valence-electron chi connectivity index (χ3n) is 3.55. The van der Waals surface area contributed by atoms with E-state index in [9.17, 15) is 0 Å². The summed E-state index contributed by atoms with van der Waals surface area (Å²) in [4.78, 5) is 15.3. The van der Waals surface area contributed by atoms with Crippen LogP contribution in [-0.4, -0.2) is 59.2 Å². The van der Waals surface area contributed by atoms with Crippen LogP contribution in [0.2, 0.25) is 0 Å². The number of rotatable bonds is 7. The summed E-state index contributed by atoms with van der Waals surface area (Å²) < 4.78 is 5.55. The van der Waals surface area contributed by atoms with Gasteiger partial charge in [-0.05, 0) is 39.3 Å². The number of hydrogen-bond acceptors (Lipinski definition) is 7. The van der Waals surface area contributed by atoms with Crippen molar-refractivity contribution >= 4 is 11.9 Å². The minimum Gasteiger partial charge on any atom is -0.461 e. The van der Waals surface area contributed by atoms with Crippen LogP contribution in [0.5, 0.6) is 6.01 Å². The van der Waals surface area contributed by atoms with Crippen molar-refractivity contribution in [2.45, 2.75) is 33.3 Å². The number of nitrogens with one attached hydrogen (secondary N) is 2. The van der Waals surface area contributed by atoms with E-state index in [2.05, 4.69) is 37.4 Å². The lowest BCUT2D eigenvalue weighted by molar-refractivity contribution is 0.222. The fourth-order valence-electron chi connectivity index (χ4n) is 2.41. The molecular formula is C14H26N6O. The van der Waals surface area contributed by atoms with Gasteiger partial charge in [-0.2, -0.15) is 15.0 Å². The van der Waals surface area contributed by atoms with Gasteiger partial charge in [-0.15, -0.1) is 0 Å². The van der Waals surface area contributed by atoms with Crippen LogP contribution in [0.3, 0.4) is 0 Å². The fourth-order valence-corrected chi connectivity index (χ4v) is 2.41. The molecule has 1 aliphatic rings. The minimum absolute atomic E-state index is 0.0397. The summed E-state index contributed by atoms with van der Waals surface area (Å²) in [6, 6.07) is 0.355. The van der Waals surface area contributed by atoms with E-state index in [4.69, 9.17) is 4.74 Å². The first-order valence-corrected chi connectivity index (χ1v) is 7.67. The van der Waals surface area contributed by atoms with Crippen molar-refractivity contribution in [3.63, 3.8) is 0 Å². The van der Waals surface area contributed by atoms with Crippen LogP contribution < -0.4 is 15.4 Å². The van der Waals surface area contributed by atoms with Crippen LogP contribution in [0, 0.1) is 5.92 Å². The van der Waals surface area contributed by atoms with Crippen LogP contribution in [0.15, 0.2) is 0 Å². The second-order valence-electron chi connectivity index (χ2n) is 5.61. The van der Waals surface area contributed by atoms with Crippen molar-refractivity contribution in [2.75, 3.05) is 43.9 Å². The second kappa shape index (κ2) is 7.40. The molecule has 7 nitrogen and oxygen atoms in total. The number of aromatic nitrogens is 3. The molecule has 0 spiro atoms. The van der Waals surface area contributed by atoms with Crippen molar-refractivity contribution in [1.29, 1.82) is 0 Å². The first kappa shape index (κ1) is 15.8. The molecule has 21 heavy (non-hydrogen) atoms. The Morgan fingerprint density at radius 2 is 2.05 bits per heavy atom. The lowest BCUT2D eigenvalue weighted by Gasteiger charge is -2.14. The number of anilines is 2. The Labute approximate surface area is 126 Å². The van der Waals surface area contributed by atoms with E-state index in [0.717, 1.165) is 19.6 Å². The Morgan fingerprint density at radius 1 is 1.29 bits per heavy atom. The van der Waals surface area contributed by atoms with Gasteiger partial charge in [0.15, 0.2) is 0 Å². The average molecular weight is 294 g/mol. The molecule has 7 heteroatoms. The Bertz CT molecular complexity index is 453. The SMILES string of the molecule is CCN1CCC(CNc2nc(NC)nc(OC(C)C)n2)C1. The quantitative estimate of drug-likeness (QED) is 0.788. The number of nitrogens with zero attached hydrogens (tertiary/aromatic N) is 4. The standard InChI is InChI=1S/C14H26N6O/c1-5-20-7-6-11(9-20)8-16-13-17-12(15-4)18-14(19-13)21-10(2)3/h10-11H,5-9H2,1-4H3,(H2,15,16,17,18,19). The molecule has 1 aromatic heterocycles. The third-order valence-corrected chi connectivity index (χ3v) is 3.55. The van der Waals surface area contributed by atoms with Crippen molar-refractivity contribution < 1.29 is 4.74 Å². The van der Waals surface area contributed by atoms with E-state index >= 15 is 0 Å². The number of hydrogen-bond donors (Lipinski definition) is 2. The molecule has 0 radical (unpaired) electrons. The molecule has 1 fully saturated rings. The zero-order valence-electron chi connectivity index (χ0n) is 13.4. The predicted molar refractivity (Wildman–Crippen MR) is 83.8 cm³/mol. The summed E-state index contributed by atoms with van der Waals surface area (Å²) in [7, 11) is 1.79. The maximum absolute atomic E-state index is 5.55. The van der Waals surface area contributed by atoms with E-state index in [0.29, 0.717) is 23.8 Å². The van der Waals surface area contributed by atoms with Gasteiger partial charge in [0.2, 0.25) is 11.9 Å². The fraction of sp³-hybridized carbons (Fsp3) is 0.786. The Morgan fingerprint density at radius 3 is 2.67 bits per heavy atom. The smallest absolute Gasteiger partial charge is 0.323 e. The van der Waals surface area contributed by atoms with E-state index in [1.807, 2.05) is 13.8 Å². The molecule has 0 aromatic carbocycles. The molecule has 2 heterocycles. The Balaban J connectivity index is 1.95. The lowest BCUT2D eigenvalue weighted by atomic mass is 10.1. The van der Waals surface area contributed by atoms with E-state index < -0.39 is 0 Å². The molecule has 0 bridgehead atoms. The van der Waals surface area contributed by atoms with Crippen LogP contribution in [0.1, 0.15) is 27.2 Å². The molecular weight excluding hydrogens is 268 g/mol. The van der Waals surface area contributed by atoms with Gasteiger partial charge >= 0.3 is 6.01 Å². The maximum atomic E-state index is 5.55. The summed E-state index contributed by atoms with van der Waals surface area (Å²) >= 11 is 0. The highest BCUT2D eigenvalue weighted by Crippen LogP contribution is 2.17. The van der Waals surface area contributed by atoms with Gasteiger partial charge in [0, 0.05) is 20.1 Å². The van der Waals surface area contributed by atoms with Gasteiger partial charge in [-0.1, -0.05) is 6.92 Å². The molecule has 0 amide bonds. The second-order valence-corrected chi connectivity index (χ2v) is 5.61. The summed E-state index contributed by atoms with van der Waals surface area (Å²) in [5.41, 5.74) is 0. The Kier molecular flexibility index (Phi) is 5.55. The minimum atomic E-state index is 0.0397. The van der Waals surface area contributed by atoms with Gasteiger partial charge in [0.25, 0.3) is 0 Å². The summed E-state index contributed by atoms with van der Waals surface area (Å²) in [5.74, 6) is 1.74. The zero-order valence-corrected chi connectivity index (χ0v) is 13.4. The molecule has 118 valence electrons. The molecule has 1 atom stereocenters. The predicted octanol–water partition coefficient (Wildman–Crippen LogP) is 1.45. The summed E-state index contributed by atoms with van der Waals surface area (Å²) in [6.45, 7) is 10.4. The Hall–Kier alpha value is -1.63. The highest BCUT2D eigenvalue weighted by Gasteiger charge is 2.21.